The van der Waals surface area contributed by atoms with E-state index in [1.807, 2.05) is 12.1 Å². The van der Waals surface area contributed by atoms with E-state index < -0.39 is 0 Å². The lowest BCUT2D eigenvalue weighted by atomic mass is 9.62. The molecule has 5 atom stereocenters. The van der Waals surface area contributed by atoms with Crippen LogP contribution in [0.3, 0.4) is 0 Å². The molecule has 2 aliphatic carbocycles. The number of amides is 2. The Morgan fingerprint density at radius 1 is 0.815 bits per heavy atom. The van der Waals surface area contributed by atoms with Gasteiger partial charge in [-0.15, -0.1) is 0 Å². The van der Waals surface area contributed by atoms with Crippen LogP contribution in [0, 0.1) is 33.5 Å². The maximum absolute atomic E-state index is 12.7. The number of nitrogens with one attached hydrogen (secondary N) is 4. The summed E-state index contributed by atoms with van der Waals surface area (Å²) in [5.74, 6) is 1.63. The summed E-state index contributed by atoms with van der Waals surface area (Å²) in [6.45, 7) is 32.3. The minimum atomic E-state index is 0.109. The lowest BCUT2D eigenvalue weighted by Gasteiger charge is -2.44. The topological polar surface area (TPSA) is 115 Å². The molecule has 3 saturated heterocycles. The van der Waals surface area contributed by atoms with Crippen LogP contribution >= 0.6 is 0 Å². The lowest BCUT2D eigenvalue weighted by Crippen LogP contribution is -2.48. The van der Waals surface area contributed by atoms with Crippen molar-refractivity contribution in [2.24, 2.45) is 39.2 Å². The number of hydrogen-bond acceptors (Lipinski definition) is 7. The van der Waals surface area contributed by atoms with Gasteiger partial charge in [0.2, 0.25) is 11.8 Å². The number of rotatable bonds is 7. The molecule has 6 N–H and O–H groups in total. The van der Waals surface area contributed by atoms with Crippen LogP contribution in [0.4, 0.5) is 0 Å². The fraction of sp³-hybridized carbons (Fsp3) is 0.822. The number of carbonyl (C=O) groups excluding carboxylic acids is 2. The summed E-state index contributed by atoms with van der Waals surface area (Å²) in [6, 6.07) is 8.81. The predicted molar refractivity (Wildman–Crippen MR) is 225 cm³/mol. The Morgan fingerprint density at radius 2 is 1.46 bits per heavy atom. The molecule has 0 aromatic heterocycles. The van der Waals surface area contributed by atoms with E-state index in [-0.39, 0.29) is 39.5 Å². The Balaban J connectivity index is 0.000000244. The van der Waals surface area contributed by atoms with E-state index in [4.69, 9.17) is 5.73 Å². The molecular formula is C45H81N7O2. The Morgan fingerprint density at radius 3 is 2.11 bits per heavy atom. The Hall–Kier alpha value is -2.04. The molecule has 2 amide bonds. The minimum absolute atomic E-state index is 0.109. The average Bonchev–Trinajstić information content (AvgIpc) is 3.39. The van der Waals surface area contributed by atoms with Gasteiger partial charge in [0, 0.05) is 77.3 Å². The van der Waals surface area contributed by atoms with E-state index in [2.05, 4.69) is 106 Å². The highest BCUT2D eigenvalue weighted by molar-refractivity contribution is 5.77. The van der Waals surface area contributed by atoms with Crippen LogP contribution in [0.1, 0.15) is 131 Å². The van der Waals surface area contributed by atoms with E-state index in [0.717, 1.165) is 38.0 Å². The van der Waals surface area contributed by atoms with Crippen LogP contribution < -0.4 is 27.0 Å². The summed E-state index contributed by atoms with van der Waals surface area (Å²) in [6.07, 6.45) is 9.59. The van der Waals surface area contributed by atoms with Crippen molar-refractivity contribution in [2.45, 2.75) is 145 Å². The van der Waals surface area contributed by atoms with Crippen LogP contribution in [-0.2, 0) is 22.7 Å². The molecule has 1 aromatic rings. The number of hydrogen-bond donors (Lipinski definition) is 5. The van der Waals surface area contributed by atoms with Gasteiger partial charge in [-0.05, 0) is 96.4 Å². The van der Waals surface area contributed by atoms with Crippen LogP contribution in [0.15, 0.2) is 24.3 Å². The summed E-state index contributed by atoms with van der Waals surface area (Å²) in [4.78, 5) is 30.3. The molecule has 2 saturated carbocycles. The fourth-order valence-corrected chi connectivity index (χ4v) is 9.73. The minimum Gasteiger partial charge on any atom is -0.353 e. The van der Waals surface area contributed by atoms with Gasteiger partial charge in [-0.2, -0.15) is 0 Å². The van der Waals surface area contributed by atoms with Crippen molar-refractivity contribution in [3.05, 3.63) is 35.4 Å². The third kappa shape index (κ3) is 11.3. The number of carbonyl (C=O) groups is 2. The molecule has 5 unspecified atom stereocenters. The third-order valence-electron chi connectivity index (χ3n) is 15.7. The van der Waals surface area contributed by atoms with Crippen molar-refractivity contribution in [2.75, 3.05) is 58.9 Å². The van der Waals surface area contributed by atoms with E-state index in [0.29, 0.717) is 43.8 Å². The average molecular weight is 752 g/mol. The van der Waals surface area contributed by atoms with Crippen LogP contribution in [0.2, 0.25) is 0 Å². The van der Waals surface area contributed by atoms with Crippen molar-refractivity contribution in [1.29, 1.82) is 0 Å². The Labute approximate surface area is 330 Å². The van der Waals surface area contributed by atoms with Gasteiger partial charge >= 0.3 is 0 Å². The highest BCUT2D eigenvalue weighted by atomic mass is 16.2. The zero-order valence-corrected chi connectivity index (χ0v) is 36.0. The molecule has 5 fully saturated rings. The molecule has 6 rings (SSSR count). The highest BCUT2D eigenvalue weighted by Gasteiger charge is 2.55. The first-order valence-electron chi connectivity index (χ1n) is 21.7. The largest absolute Gasteiger partial charge is 0.353 e. The van der Waals surface area contributed by atoms with E-state index >= 15 is 0 Å². The second-order valence-electron chi connectivity index (χ2n) is 19.4. The molecule has 0 spiro atoms. The van der Waals surface area contributed by atoms with Gasteiger partial charge in [-0.1, -0.05) is 99.4 Å². The van der Waals surface area contributed by atoms with Crippen molar-refractivity contribution in [3.8, 4) is 0 Å². The molecule has 3 heterocycles. The van der Waals surface area contributed by atoms with Crippen LogP contribution in [0.5, 0.6) is 0 Å². The van der Waals surface area contributed by atoms with Gasteiger partial charge in [-0.25, -0.2) is 0 Å². The summed E-state index contributed by atoms with van der Waals surface area (Å²) in [7, 11) is 0. The highest BCUT2D eigenvalue weighted by Crippen LogP contribution is 2.58. The second-order valence-corrected chi connectivity index (χ2v) is 19.4. The summed E-state index contributed by atoms with van der Waals surface area (Å²) in [5, 5.41) is 13.6. The van der Waals surface area contributed by atoms with Gasteiger partial charge in [0.05, 0.1) is 0 Å². The lowest BCUT2D eigenvalue weighted by molar-refractivity contribution is -0.123. The van der Waals surface area contributed by atoms with Gasteiger partial charge in [0.15, 0.2) is 0 Å². The molecule has 308 valence electrons. The predicted octanol–water partition coefficient (Wildman–Crippen LogP) is 6.31. The number of nitrogens with two attached hydrogens (primary N) is 1. The first-order valence-corrected chi connectivity index (χ1v) is 21.7. The monoisotopic (exact) mass is 752 g/mol. The van der Waals surface area contributed by atoms with Crippen LogP contribution in [-0.4, -0.2) is 92.6 Å². The number of benzene rings is 1. The number of nitrogens with zero attached hydrogens (tertiary/aromatic N) is 2. The molecule has 54 heavy (non-hydrogen) atoms. The number of piperazine rings is 1. The molecule has 5 aliphatic rings. The molecular weight excluding hydrogens is 671 g/mol. The number of fused-ring (bicyclic) bond motifs is 13. The summed E-state index contributed by atoms with van der Waals surface area (Å²) < 4.78 is 0. The van der Waals surface area contributed by atoms with E-state index in [9.17, 15) is 9.59 Å². The zero-order chi connectivity index (χ0) is 39.6. The van der Waals surface area contributed by atoms with Crippen molar-refractivity contribution < 1.29 is 9.59 Å². The molecule has 3 aliphatic heterocycles. The molecule has 1 aromatic carbocycles. The van der Waals surface area contributed by atoms with Gasteiger partial charge in [-0.3, -0.25) is 9.59 Å². The van der Waals surface area contributed by atoms with Crippen LogP contribution in [0.25, 0.3) is 0 Å². The van der Waals surface area contributed by atoms with E-state index in [1.54, 1.807) is 0 Å². The summed E-state index contributed by atoms with van der Waals surface area (Å²) in [5.41, 5.74) is 8.80. The molecule has 0 radical (unpaired) electrons. The second kappa shape index (κ2) is 19.9. The first-order chi connectivity index (χ1) is 25.5. The Kier molecular flexibility index (Phi) is 16.5. The Bertz CT molecular complexity index is 1320. The quantitative estimate of drug-likeness (QED) is 0.208. The standard InChI is InChI=1S/C24H46N4O.C21H35N3O/c1-20-19-21-24(4,23(20,2)3)10-6-5-7-13-27-15-17-28(18-16-27)14-8-11-25-12-9-22(29)26-21;1-15-11-18(21(4,5)20(15,2)3)24-19(25)9-10-23-14-17-8-6-7-16(12-17)13-22/h20-21,25H,5-19H2,1-4H3,(H,26,29);6-8,12,15,18,23H,9-11,13-14,22H2,1-5H3,(H,24,25). The molecule has 2 bridgehead atoms. The first kappa shape index (κ1) is 44.7. The maximum Gasteiger partial charge on any atom is 0.221 e. The third-order valence-corrected chi connectivity index (χ3v) is 15.7. The van der Waals surface area contributed by atoms with Gasteiger partial charge in [0.25, 0.3) is 0 Å². The fourth-order valence-electron chi connectivity index (χ4n) is 9.73. The normalized spacial score (nSPS) is 32.9. The van der Waals surface area contributed by atoms with Gasteiger partial charge in [0.1, 0.15) is 0 Å². The van der Waals surface area contributed by atoms with Gasteiger partial charge < -0.3 is 36.8 Å². The smallest absolute Gasteiger partial charge is 0.221 e. The summed E-state index contributed by atoms with van der Waals surface area (Å²) >= 11 is 0. The van der Waals surface area contributed by atoms with E-state index in [1.165, 1.54) is 76.9 Å². The van der Waals surface area contributed by atoms with Crippen molar-refractivity contribution in [3.63, 3.8) is 0 Å². The molecule has 9 nitrogen and oxygen atoms in total. The van der Waals surface area contributed by atoms with Crippen molar-refractivity contribution in [1.82, 2.24) is 31.1 Å². The molecule has 9 heteroatoms. The maximum atomic E-state index is 12.7. The zero-order valence-electron chi connectivity index (χ0n) is 36.0. The SMILES string of the molecule is CC1CC(NC(=O)CCNCc2cccc(CN)c2)C(C)(C)C1(C)C.CC1CC2NC(=O)CCNCCCN3CCN(CCCCCC2(C)C1(C)C)CC3. The van der Waals surface area contributed by atoms with Crippen molar-refractivity contribution >= 4 is 11.8 Å².